The number of anilines is 1. The Kier molecular flexibility index (Phi) is 4.85. The van der Waals surface area contributed by atoms with Gasteiger partial charge in [-0.05, 0) is 38.0 Å². The van der Waals surface area contributed by atoms with Crippen LogP contribution in [0.2, 0.25) is 5.02 Å². The number of nitrogens with zero attached hydrogens (tertiary/aromatic N) is 2. The van der Waals surface area contributed by atoms with Gasteiger partial charge in [0.25, 0.3) is 0 Å². The van der Waals surface area contributed by atoms with Crippen molar-refractivity contribution in [1.29, 1.82) is 0 Å². The number of carbonyl (C=O) groups is 2. The molecule has 1 aromatic carbocycles. The zero-order valence-electron chi connectivity index (χ0n) is 13.4. The molecule has 2 N–H and O–H groups in total. The second-order valence-electron chi connectivity index (χ2n) is 5.97. The normalized spacial score (nSPS) is 17.4. The lowest BCUT2D eigenvalue weighted by molar-refractivity contribution is -0.124. The van der Waals surface area contributed by atoms with E-state index < -0.39 is 0 Å². The van der Waals surface area contributed by atoms with Gasteiger partial charge in [0, 0.05) is 30.0 Å². The molecule has 1 aliphatic heterocycles. The van der Waals surface area contributed by atoms with E-state index in [-0.39, 0.29) is 24.3 Å². The molecule has 24 heavy (non-hydrogen) atoms. The second-order valence-corrected chi connectivity index (χ2v) is 6.41. The van der Waals surface area contributed by atoms with Gasteiger partial charge in [0.05, 0.1) is 11.4 Å². The SMILES string of the molecule is Cc1cc(NC(=O)CC2CCCC(=O)N2)n(-c2cccc(Cl)c2)n1. The second kappa shape index (κ2) is 7.05. The van der Waals surface area contributed by atoms with Crippen molar-refractivity contribution in [3.05, 3.63) is 41.0 Å². The quantitative estimate of drug-likeness (QED) is 0.893. The van der Waals surface area contributed by atoms with Gasteiger partial charge in [0.2, 0.25) is 11.8 Å². The first-order valence-electron chi connectivity index (χ1n) is 7.93. The molecule has 2 aromatic rings. The van der Waals surface area contributed by atoms with E-state index in [1.54, 1.807) is 22.9 Å². The number of nitrogens with one attached hydrogen (secondary N) is 2. The number of hydrogen-bond acceptors (Lipinski definition) is 3. The minimum Gasteiger partial charge on any atom is -0.353 e. The van der Waals surface area contributed by atoms with Crippen molar-refractivity contribution < 1.29 is 9.59 Å². The standard InChI is InChI=1S/C17H19ClN4O2/c1-11-8-15(22(21-11)14-6-2-4-12(18)9-14)20-17(24)10-13-5-3-7-16(23)19-13/h2,4,6,8-9,13H,3,5,7,10H2,1H3,(H,19,23)(H,20,24). The Morgan fingerprint density at radius 2 is 2.29 bits per heavy atom. The van der Waals surface area contributed by atoms with Crippen LogP contribution in [-0.2, 0) is 9.59 Å². The van der Waals surface area contributed by atoms with Crippen LogP contribution < -0.4 is 10.6 Å². The van der Waals surface area contributed by atoms with E-state index in [1.165, 1.54) is 0 Å². The van der Waals surface area contributed by atoms with E-state index in [0.29, 0.717) is 17.3 Å². The predicted molar refractivity (Wildman–Crippen MR) is 92.3 cm³/mol. The Morgan fingerprint density at radius 1 is 1.46 bits per heavy atom. The van der Waals surface area contributed by atoms with Gasteiger partial charge in [0.15, 0.2) is 0 Å². The molecule has 0 spiro atoms. The largest absolute Gasteiger partial charge is 0.353 e. The van der Waals surface area contributed by atoms with Gasteiger partial charge >= 0.3 is 0 Å². The summed E-state index contributed by atoms with van der Waals surface area (Å²) >= 11 is 6.03. The van der Waals surface area contributed by atoms with Gasteiger partial charge in [-0.15, -0.1) is 0 Å². The highest BCUT2D eigenvalue weighted by atomic mass is 35.5. The van der Waals surface area contributed by atoms with Crippen LogP contribution in [-0.4, -0.2) is 27.6 Å². The van der Waals surface area contributed by atoms with E-state index in [1.807, 2.05) is 19.1 Å². The van der Waals surface area contributed by atoms with Gasteiger partial charge in [0.1, 0.15) is 5.82 Å². The van der Waals surface area contributed by atoms with Gasteiger partial charge in [-0.2, -0.15) is 5.10 Å². The molecular weight excluding hydrogens is 328 g/mol. The maximum Gasteiger partial charge on any atom is 0.227 e. The van der Waals surface area contributed by atoms with E-state index in [2.05, 4.69) is 15.7 Å². The highest BCUT2D eigenvalue weighted by Gasteiger charge is 2.21. The van der Waals surface area contributed by atoms with Crippen LogP contribution in [0.3, 0.4) is 0 Å². The van der Waals surface area contributed by atoms with E-state index >= 15 is 0 Å². The summed E-state index contributed by atoms with van der Waals surface area (Å²) in [5.41, 5.74) is 1.56. The molecule has 6 nitrogen and oxygen atoms in total. The maximum absolute atomic E-state index is 12.3. The maximum atomic E-state index is 12.3. The van der Waals surface area contributed by atoms with Crippen molar-refractivity contribution in [3.63, 3.8) is 0 Å². The van der Waals surface area contributed by atoms with Crippen LogP contribution in [0, 0.1) is 6.92 Å². The molecule has 0 radical (unpaired) electrons. The zero-order chi connectivity index (χ0) is 17.1. The summed E-state index contributed by atoms with van der Waals surface area (Å²) < 4.78 is 1.65. The fraction of sp³-hybridized carbons (Fsp3) is 0.353. The first-order chi connectivity index (χ1) is 11.5. The number of aromatic nitrogens is 2. The minimum atomic E-state index is -0.148. The van der Waals surface area contributed by atoms with Gasteiger partial charge in [-0.25, -0.2) is 4.68 Å². The van der Waals surface area contributed by atoms with Crippen molar-refractivity contribution in [2.45, 2.75) is 38.6 Å². The average molecular weight is 347 g/mol. The number of carbonyl (C=O) groups excluding carboxylic acids is 2. The van der Waals surface area contributed by atoms with Gasteiger partial charge in [-0.1, -0.05) is 17.7 Å². The first-order valence-corrected chi connectivity index (χ1v) is 8.31. The summed E-state index contributed by atoms with van der Waals surface area (Å²) in [5, 5.41) is 10.7. The zero-order valence-corrected chi connectivity index (χ0v) is 14.1. The highest BCUT2D eigenvalue weighted by Crippen LogP contribution is 2.21. The Morgan fingerprint density at radius 3 is 3.04 bits per heavy atom. The topological polar surface area (TPSA) is 76.0 Å². The average Bonchev–Trinajstić information content (AvgIpc) is 2.87. The number of piperidine rings is 1. The molecule has 1 atom stereocenters. The van der Waals surface area contributed by atoms with Crippen molar-refractivity contribution in [2.75, 3.05) is 5.32 Å². The molecule has 2 amide bonds. The van der Waals surface area contributed by atoms with E-state index in [4.69, 9.17) is 11.6 Å². The molecule has 1 aliphatic rings. The Bertz CT molecular complexity index is 772. The fourth-order valence-corrected chi connectivity index (χ4v) is 3.03. The number of rotatable bonds is 4. The Labute approximate surface area is 145 Å². The molecule has 1 fully saturated rings. The summed E-state index contributed by atoms with van der Waals surface area (Å²) in [7, 11) is 0. The summed E-state index contributed by atoms with van der Waals surface area (Å²) in [5.74, 6) is 0.450. The third-order valence-electron chi connectivity index (χ3n) is 3.91. The first kappa shape index (κ1) is 16.5. The lowest BCUT2D eigenvalue weighted by Gasteiger charge is -2.22. The lowest BCUT2D eigenvalue weighted by atomic mass is 10.0. The molecule has 0 bridgehead atoms. The third kappa shape index (κ3) is 3.94. The predicted octanol–water partition coefficient (Wildman–Crippen LogP) is 2.83. The van der Waals surface area contributed by atoms with Crippen LogP contribution in [0.1, 0.15) is 31.4 Å². The van der Waals surface area contributed by atoms with Crippen molar-refractivity contribution in [3.8, 4) is 5.69 Å². The molecule has 7 heteroatoms. The van der Waals surface area contributed by atoms with Gasteiger partial charge in [-0.3, -0.25) is 9.59 Å². The van der Waals surface area contributed by atoms with Crippen LogP contribution in [0.25, 0.3) is 5.69 Å². The van der Waals surface area contributed by atoms with Crippen molar-refractivity contribution in [2.24, 2.45) is 0 Å². The fourth-order valence-electron chi connectivity index (χ4n) is 2.84. The summed E-state index contributed by atoms with van der Waals surface area (Å²) in [6, 6.07) is 8.97. The monoisotopic (exact) mass is 346 g/mol. The van der Waals surface area contributed by atoms with Gasteiger partial charge < -0.3 is 10.6 Å². The molecule has 2 heterocycles. The highest BCUT2D eigenvalue weighted by molar-refractivity contribution is 6.30. The van der Waals surface area contributed by atoms with E-state index in [0.717, 1.165) is 24.2 Å². The van der Waals surface area contributed by atoms with E-state index in [9.17, 15) is 9.59 Å². The minimum absolute atomic E-state index is 0.0128. The summed E-state index contributed by atoms with van der Waals surface area (Å²) in [6.07, 6.45) is 2.44. The number of benzene rings is 1. The van der Waals surface area contributed by atoms with Crippen LogP contribution >= 0.6 is 11.6 Å². The molecule has 1 unspecified atom stereocenters. The smallest absolute Gasteiger partial charge is 0.227 e. The molecule has 0 saturated carbocycles. The number of amides is 2. The van der Waals surface area contributed by atoms with Crippen molar-refractivity contribution >= 4 is 29.2 Å². The third-order valence-corrected chi connectivity index (χ3v) is 4.14. The van der Waals surface area contributed by atoms with Crippen LogP contribution in [0.15, 0.2) is 30.3 Å². The number of aryl methyl sites for hydroxylation is 1. The van der Waals surface area contributed by atoms with Crippen molar-refractivity contribution in [1.82, 2.24) is 15.1 Å². The Balaban J connectivity index is 1.73. The molecule has 1 aromatic heterocycles. The Hall–Kier alpha value is -2.34. The number of hydrogen-bond donors (Lipinski definition) is 2. The molecule has 0 aliphatic carbocycles. The van der Waals surface area contributed by atoms with Crippen LogP contribution in [0.5, 0.6) is 0 Å². The summed E-state index contributed by atoms with van der Waals surface area (Å²) in [6.45, 7) is 1.86. The molecule has 3 rings (SSSR count). The number of halogens is 1. The molecule has 126 valence electrons. The summed E-state index contributed by atoms with van der Waals surface area (Å²) in [4.78, 5) is 23.7. The molecular formula is C17H19ClN4O2. The van der Waals surface area contributed by atoms with Crippen LogP contribution in [0.4, 0.5) is 5.82 Å². The molecule has 1 saturated heterocycles. The lowest BCUT2D eigenvalue weighted by Crippen LogP contribution is -2.40.